The predicted octanol–water partition coefficient (Wildman–Crippen LogP) is 2.45. The van der Waals surface area contributed by atoms with Crippen molar-refractivity contribution in [3.05, 3.63) is 0 Å². The maximum atomic E-state index is 8.03. The Labute approximate surface area is 85.6 Å². The van der Waals surface area contributed by atoms with Crippen LogP contribution in [0.2, 0.25) is 0 Å². The van der Waals surface area contributed by atoms with Gasteiger partial charge in [-0.15, -0.1) is 0 Å². The van der Waals surface area contributed by atoms with Crippen molar-refractivity contribution >= 4 is 17.6 Å². The molecule has 1 saturated heterocycles. The SMILES string of the molecule is CN(C(=N)C(C)(C)C)C1CCSC1. The number of hydrogen-bond acceptors (Lipinski definition) is 2. The summed E-state index contributed by atoms with van der Waals surface area (Å²) in [6.07, 6.45) is 1.24. The third-order valence-corrected chi connectivity index (χ3v) is 3.66. The molecule has 1 unspecified atom stereocenters. The van der Waals surface area contributed by atoms with Crippen LogP contribution in [0.15, 0.2) is 0 Å². The fraction of sp³-hybridized carbons (Fsp3) is 0.900. The van der Waals surface area contributed by atoms with Gasteiger partial charge in [0.1, 0.15) is 5.84 Å². The number of rotatable bonds is 1. The highest BCUT2D eigenvalue weighted by Gasteiger charge is 2.27. The first kappa shape index (κ1) is 10.9. The Morgan fingerprint density at radius 1 is 1.46 bits per heavy atom. The fourth-order valence-electron chi connectivity index (χ4n) is 1.54. The maximum Gasteiger partial charge on any atom is 0.101 e. The number of thioether (sulfide) groups is 1. The Morgan fingerprint density at radius 2 is 2.08 bits per heavy atom. The lowest BCUT2D eigenvalue weighted by atomic mass is 9.93. The Balaban J connectivity index is 2.56. The molecule has 13 heavy (non-hydrogen) atoms. The smallest absolute Gasteiger partial charge is 0.101 e. The molecule has 0 amide bonds. The molecule has 1 heterocycles. The lowest BCUT2D eigenvalue weighted by Crippen LogP contribution is -2.42. The molecule has 1 aliphatic rings. The second-order valence-electron chi connectivity index (χ2n) is 4.73. The van der Waals surface area contributed by atoms with E-state index in [0.29, 0.717) is 6.04 Å². The zero-order valence-electron chi connectivity index (χ0n) is 9.05. The summed E-state index contributed by atoms with van der Waals surface area (Å²) in [6.45, 7) is 6.32. The van der Waals surface area contributed by atoms with Crippen LogP contribution in [0, 0.1) is 10.8 Å². The van der Waals surface area contributed by atoms with E-state index in [-0.39, 0.29) is 5.41 Å². The highest BCUT2D eigenvalue weighted by molar-refractivity contribution is 7.99. The van der Waals surface area contributed by atoms with Crippen molar-refractivity contribution in [3.8, 4) is 0 Å². The monoisotopic (exact) mass is 200 g/mol. The van der Waals surface area contributed by atoms with E-state index in [9.17, 15) is 0 Å². The molecule has 1 aliphatic heterocycles. The van der Waals surface area contributed by atoms with Gasteiger partial charge in [-0.1, -0.05) is 20.8 Å². The molecule has 0 aromatic heterocycles. The van der Waals surface area contributed by atoms with Crippen molar-refractivity contribution < 1.29 is 0 Å². The molecular formula is C10H20N2S. The quantitative estimate of drug-likeness (QED) is 0.520. The molecule has 0 aromatic carbocycles. The summed E-state index contributed by atoms with van der Waals surface area (Å²) < 4.78 is 0. The minimum Gasteiger partial charge on any atom is -0.359 e. The van der Waals surface area contributed by atoms with Gasteiger partial charge in [0.25, 0.3) is 0 Å². The van der Waals surface area contributed by atoms with Crippen molar-refractivity contribution in [1.29, 1.82) is 5.41 Å². The number of nitrogens with one attached hydrogen (secondary N) is 1. The Kier molecular flexibility index (Phi) is 3.28. The third-order valence-electron chi connectivity index (χ3n) is 2.52. The van der Waals surface area contributed by atoms with Gasteiger partial charge in [-0.05, 0) is 12.2 Å². The predicted molar refractivity (Wildman–Crippen MR) is 60.7 cm³/mol. The minimum absolute atomic E-state index is 0.0119. The van der Waals surface area contributed by atoms with Crippen LogP contribution >= 0.6 is 11.8 Å². The summed E-state index contributed by atoms with van der Waals surface area (Å²) in [6, 6.07) is 0.594. The van der Waals surface area contributed by atoms with Crippen LogP contribution in [-0.2, 0) is 0 Å². The van der Waals surface area contributed by atoms with E-state index in [1.165, 1.54) is 17.9 Å². The van der Waals surface area contributed by atoms with Gasteiger partial charge in [-0.2, -0.15) is 11.8 Å². The van der Waals surface area contributed by atoms with E-state index in [2.05, 4.69) is 32.7 Å². The Bertz CT molecular complexity index is 190. The molecule has 1 rings (SSSR count). The van der Waals surface area contributed by atoms with Gasteiger partial charge >= 0.3 is 0 Å². The topological polar surface area (TPSA) is 27.1 Å². The summed E-state index contributed by atoms with van der Waals surface area (Å²) in [5.41, 5.74) is -0.0119. The molecule has 0 spiro atoms. The van der Waals surface area contributed by atoms with E-state index >= 15 is 0 Å². The van der Waals surface area contributed by atoms with Crippen LogP contribution in [0.5, 0.6) is 0 Å². The minimum atomic E-state index is -0.0119. The van der Waals surface area contributed by atoms with Gasteiger partial charge < -0.3 is 4.90 Å². The molecule has 3 heteroatoms. The first-order valence-electron chi connectivity index (χ1n) is 4.82. The van der Waals surface area contributed by atoms with Crippen LogP contribution in [0.1, 0.15) is 27.2 Å². The van der Waals surface area contributed by atoms with Crippen molar-refractivity contribution in [3.63, 3.8) is 0 Å². The molecule has 0 aliphatic carbocycles. The molecule has 1 atom stereocenters. The fourth-order valence-corrected chi connectivity index (χ4v) is 2.81. The largest absolute Gasteiger partial charge is 0.359 e. The standard InChI is InChI=1S/C10H20N2S/c1-10(2,3)9(11)12(4)8-5-6-13-7-8/h8,11H,5-7H2,1-4H3. The molecule has 1 fully saturated rings. The van der Waals surface area contributed by atoms with Gasteiger partial charge in [0.2, 0.25) is 0 Å². The molecular weight excluding hydrogens is 180 g/mol. The van der Waals surface area contributed by atoms with E-state index in [1.807, 2.05) is 11.8 Å². The van der Waals surface area contributed by atoms with Crippen LogP contribution in [-0.4, -0.2) is 35.3 Å². The van der Waals surface area contributed by atoms with Gasteiger partial charge in [0.05, 0.1) is 0 Å². The average Bonchev–Trinajstić information content (AvgIpc) is 2.51. The summed E-state index contributed by atoms with van der Waals surface area (Å²) in [7, 11) is 2.06. The summed E-state index contributed by atoms with van der Waals surface area (Å²) >= 11 is 2.00. The summed E-state index contributed by atoms with van der Waals surface area (Å²) in [5, 5.41) is 8.03. The Hall–Kier alpha value is -0.180. The molecule has 2 nitrogen and oxygen atoms in total. The van der Waals surface area contributed by atoms with Crippen LogP contribution < -0.4 is 0 Å². The number of nitrogens with zero attached hydrogens (tertiary/aromatic N) is 1. The highest BCUT2D eigenvalue weighted by Crippen LogP contribution is 2.25. The zero-order chi connectivity index (χ0) is 10.1. The van der Waals surface area contributed by atoms with E-state index in [4.69, 9.17) is 5.41 Å². The van der Waals surface area contributed by atoms with Crippen LogP contribution in [0.4, 0.5) is 0 Å². The molecule has 0 saturated carbocycles. The van der Waals surface area contributed by atoms with Gasteiger partial charge in [0, 0.05) is 24.3 Å². The van der Waals surface area contributed by atoms with E-state index in [1.54, 1.807) is 0 Å². The first-order chi connectivity index (χ1) is 5.93. The van der Waals surface area contributed by atoms with Crippen molar-refractivity contribution in [2.24, 2.45) is 5.41 Å². The van der Waals surface area contributed by atoms with Crippen molar-refractivity contribution in [2.75, 3.05) is 18.6 Å². The molecule has 0 radical (unpaired) electrons. The van der Waals surface area contributed by atoms with Gasteiger partial charge in [0.15, 0.2) is 0 Å². The number of hydrogen-bond donors (Lipinski definition) is 1. The molecule has 0 aromatic rings. The van der Waals surface area contributed by atoms with Gasteiger partial charge in [-0.3, -0.25) is 5.41 Å². The summed E-state index contributed by atoms with van der Waals surface area (Å²) in [4.78, 5) is 2.15. The highest BCUT2D eigenvalue weighted by atomic mass is 32.2. The van der Waals surface area contributed by atoms with E-state index in [0.717, 1.165) is 5.84 Å². The second kappa shape index (κ2) is 3.91. The average molecular weight is 200 g/mol. The molecule has 0 bridgehead atoms. The van der Waals surface area contributed by atoms with Crippen molar-refractivity contribution in [2.45, 2.75) is 33.2 Å². The van der Waals surface area contributed by atoms with E-state index < -0.39 is 0 Å². The summed E-state index contributed by atoms with van der Waals surface area (Å²) in [5.74, 6) is 3.21. The zero-order valence-corrected chi connectivity index (χ0v) is 9.87. The normalized spacial score (nSPS) is 23.2. The van der Waals surface area contributed by atoms with Gasteiger partial charge in [-0.25, -0.2) is 0 Å². The van der Waals surface area contributed by atoms with Crippen molar-refractivity contribution in [1.82, 2.24) is 4.90 Å². The lowest BCUT2D eigenvalue weighted by molar-refractivity contribution is 0.351. The second-order valence-corrected chi connectivity index (χ2v) is 5.88. The van der Waals surface area contributed by atoms with Crippen LogP contribution in [0.3, 0.4) is 0 Å². The lowest BCUT2D eigenvalue weighted by Gasteiger charge is -2.33. The van der Waals surface area contributed by atoms with Crippen LogP contribution in [0.25, 0.3) is 0 Å². The third kappa shape index (κ3) is 2.63. The molecule has 76 valence electrons. The molecule has 1 N–H and O–H groups in total. The maximum absolute atomic E-state index is 8.03. The first-order valence-corrected chi connectivity index (χ1v) is 5.98. The number of amidine groups is 1. The Morgan fingerprint density at radius 3 is 2.46 bits per heavy atom.